The van der Waals surface area contributed by atoms with Crippen molar-refractivity contribution in [2.24, 2.45) is 0 Å². The van der Waals surface area contributed by atoms with Gasteiger partial charge in [-0.25, -0.2) is 0 Å². The third kappa shape index (κ3) is 4.64. The van der Waals surface area contributed by atoms with Crippen LogP contribution in [0.1, 0.15) is 12.5 Å². The van der Waals surface area contributed by atoms with Gasteiger partial charge in [-0.05, 0) is 30.9 Å². The highest BCUT2D eigenvalue weighted by Gasteiger charge is 2.26. The van der Waals surface area contributed by atoms with Crippen LogP contribution < -0.4 is 4.74 Å². The minimum absolute atomic E-state index is 0.0194. The number of benzene rings is 1. The summed E-state index contributed by atoms with van der Waals surface area (Å²) < 4.78 is 5.18. The maximum atomic E-state index is 12.4. The van der Waals surface area contributed by atoms with E-state index >= 15 is 0 Å². The number of nitrogens with zero attached hydrogens (tertiary/aromatic N) is 2. The Balaban J connectivity index is 1.87. The molecule has 0 saturated carbocycles. The Labute approximate surface area is 142 Å². The van der Waals surface area contributed by atoms with Crippen LogP contribution in [0.15, 0.2) is 24.3 Å². The predicted molar refractivity (Wildman–Crippen MR) is 92.8 cm³/mol. The van der Waals surface area contributed by atoms with Crippen LogP contribution in [0.2, 0.25) is 0 Å². The summed E-state index contributed by atoms with van der Waals surface area (Å²) in [4.78, 5) is 28.3. The van der Waals surface area contributed by atoms with Crippen molar-refractivity contribution in [3.63, 3.8) is 0 Å². The number of carbonyl (C=O) groups excluding carboxylic acids is 2. The molecule has 1 atom stereocenters. The molecule has 2 amide bonds. The lowest BCUT2D eigenvalue weighted by atomic mass is 10.1. The number of ether oxygens (including phenoxy) is 1. The molecule has 5 nitrogen and oxygen atoms in total. The summed E-state index contributed by atoms with van der Waals surface area (Å²) in [6.07, 6.45) is 2.31. The second kappa shape index (κ2) is 8.24. The van der Waals surface area contributed by atoms with Gasteiger partial charge >= 0.3 is 0 Å². The molecule has 1 aliphatic heterocycles. The van der Waals surface area contributed by atoms with E-state index in [1.165, 1.54) is 0 Å². The van der Waals surface area contributed by atoms with Crippen molar-refractivity contribution in [2.75, 3.05) is 39.5 Å². The zero-order valence-corrected chi connectivity index (χ0v) is 14.8. The maximum absolute atomic E-state index is 12.4. The first-order valence-corrected chi connectivity index (χ1v) is 9.06. The second-order valence-electron chi connectivity index (χ2n) is 5.61. The minimum Gasteiger partial charge on any atom is -0.497 e. The van der Waals surface area contributed by atoms with Crippen LogP contribution in [0.4, 0.5) is 0 Å². The summed E-state index contributed by atoms with van der Waals surface area (Å²) in [5.74, 6) is 1.03. The van der Waals surface area contributed by atoms with Crippen LogP contribution in [0.25, 0.3) is 0 Å². The molecule has 1 heterocycles. The van der Waals surface area contributed by atoms with Gasteiger partial charge in [0.1, 0.15) is 5.75 Å². The normalized spacial score (nSPS) is 16.1. The summed E-state index contributed by atoms with van der Waals surface area (Å²) in [6.45, 7) is 4.37. The fourth-order valence-corrected chi connectivity index (χ4v) is 2.95. The quantitative estimate of drug-likeness (QED) is 0.821. The molecule has 0 N–H and O–H groups in total. The average molecular weight is 336 g/mol. The van der Waals surface area contributed by atoms with E-state index < -0.39 is 0 Å². The number of carbonyl (C=O) groups is 2. The van der Waals surface area contributed by atoms with E-state index in [-0.39, 0.29) is 17.1 Å². The van der Waals surface area contributed by atoms with Crippen molar-refractivity contribution in [1.29, 1.82) is 0 Å². The Bertz CT molecular complexity index is 557. The van der Waals surface area contributed by atoms with Crippen molar-refractivity contribution >= 4 is 23.6 Å². The molecule has 6 heteroatoms. The number of hydrogen-bond acceptors (Lipinski definition) is 4. The number of piperazine rings is 1. The Kier molecular flexibility index (Phi) is 6.33. The number of rotatable bonds is 5. The molecule has 1 saturated heterocycles. The summed E-state index contributed by atoms with van der Waals surface area (Å²) in [7, 11) is 1.62. The topological polar surface area (TPSA) is 49.9 Å². The first-order chi connectivity index (χ1) is 11.0. The predicted octanol–water partition coefficient (Wildman–Crippen LogP) is 1.66. The van der Waals surface area contributed by atoms with Crippen molar-refractivity contribution in [1.82, 2.24) is 9.80 Å². The number of methoxy groups -OCH3 is 1. The number of thioether (sulfide) groups is 1. The largest absolute Gasteiger partial charge is 0.497 e. The molecular formula is C17H24N2O3S. The van der Waals surface area contributed by atoms with Crippen molar-refractivity contribution in [3.05, 3.63) is 29.8 Å². The molecule has 2 rings (SSSR count). The zero-order chi connectivity index (χ0) is 16.8. The molecule has 1 aliphatic rings. The van der Waals surface area contributed by atoms with Crippen LogP contribution in [-0.2, 0) is 16.0 Å². The fourth-order valence-electron chi connectivity index (χ4n) is 2.60. The summed E-state index contributed by atoms with van der Waals surface area (Å²) in [5, 5.41) is -0.0194. The smallest absolute Gasteiger partial charge is 0.235 e. The highest BCUT2D eigenvalue weighted by atomic mass is 32.2. The van der Waals surface area contributed by atoms with Crippen LogP contribution in [0.3, 0.4) is 0 Å². The lowest BCUT2D eigenvalue weighted by Gasteiger charge is -2.35. The van der Waals surface area contributed by atoms with E-state index in [1.54, 1.807) is 18.9 Å². The Hall–Kier alpha value is -1.69. The Morgan fingerprint density at radius 3 is 2.48 bits per heavy atom. The van der Waals surface area contributed by atoms with E-state index in [0.717, 1.165) is 11.3 Å². The highest BCUT2D eigenvalue weighted by Crippen LogP contribution is 2.15. The lowest BCUT2D eigenvalue weighted by molar-refractivity contribution is -0.138. The molecule has 23 heavy (non-hydrogen) atoms. The fraction of sp³-hybridized carbons (Fsp3) is 0.529. The number of hydrogen-bond donors (Lipinski definition) is 0. The third-order valence-electron chi connectivity index (χ3n) is 4.13. The SMILES string of the molecule is COc1cccc(CC(=O)N2CCN(C(=O)[C@@H](C)SC)CC2)c1. The van der Waals surface area contributed by atoms with E-state index in [2.05, 4.69) is 0 Å². The van der Waals surface area contributed by atoms with Crippen molar-refractivity contribution < 1.29 is 14.3 Å². The van der Waals surface area contributed by atoms with Gasteiger partial charge in [0.05, 0.1) is 18.8 Å². The summed E-state index contributed by atoms with van der Waals surface area (Å²) >= 11 is 1.56. The molecule has 1 aromatic rings. The molecular weight excluding hydrogens is 312 g/mol. The van der Waals surface area contributed by atoms with Gasteiger partial charge in [0, 0.05) is 26.2 Å². The van der Waals surface area contributed by atoms with Crippen LogP contribution >= 0.6 is 11.8 Å². The first-order valence-electron chi connectivity index (χ1n) is 7.77. The van der Waals surface area contributed by atoms with Crippen LogP contribution in [-0.4, -0.2) is 66.4 Å². The van der Waals surface area contributed by atoms with E-state index in [1.807, 2.05) is 47.2 Å². The number of amides is 2. The van der Waals surface area contributed by atoms with Gasteiger partial charge < -0.3 is 14.5 Å². The van der Waals surface area contributed by atoms with Gasteiger partial charge in [0.2, 0.25) is 11.8 Å². The van der Waals surface area contributed by atoms with Crippen LogP contribution in [0.5, 0.6) is 5.75 Å². The first kappa shape index (κ1) is 17.7. The lowest BCUT2D eigenvalue weighted by Crippen LogP contribution is -2.52. The third-order valence-corrected chi connectivity index (χ3v) is 5.04. The zero-order valence-electron chi connectivity index (χ0n) is 13.9. The maximum Gasteiger partial charge on any atom is 0.235 e. The monoisotopic (exact) mass is 336 g/mol. The molecule has 0 unspecified atom stereocenters. The average Bonchev–Trinajstić information content (AvgIpc) is 2.60. The van der Waals surface area contributed by atoms with Crippen molar-refractivity contribution in [3.8, 4) is 5.75 Å². The van der Waals surface area contributed by atoms with Crippen molar-refractivity contribution in [2.45, 2.75) is 18.6 Å². The minimum atomic E-state index is -0.0194. The Morgan fingerprint density at radius 1 is 1.22 bits per heavy atom. The molecule has 0 aromatic heterocycles. The van der Waals surface area contributed by atoms with Crippen LogP contribution in [0, 0.1) is 0 Å². The molecule has 0 aliphatic carbocycles. The van der Waals surface area contributed by atoms with Gasteiger partial charge in [-0.1, -0.05) is 12.1 Å². The van der Waals surface area contributed by atoms with Gasteiger partial charge in [-0.3, -0.25) is 9.59 Å². The summed E-state index contributed by atoms with van der Waals surface area (Å²) in [5.41, 5.74) is 0.948. The molecule has 1 aromatic carbocycles. The van der Waals surface area contributed by atoms with E-state index in [0.29, 0.717) is 32.6 Å². The molecule has 126 valence electrons. The molecule has 0 bridgehead atoms. The summed E-state index contributed by atoms with van der Waals surface area (Å²) in [6, 6.07) is 7.57. The second-order valence-corrected chi connectivity index (χ2v) is 6.79. The Morgan fingerprint density at radius 2 is 1.87 bits per heavy atom. The van der Waals surface area contributed by atoms with E-state index in [9.17, 15) is 9.59 Å². The highest BCUT2D eigenvalue weighted by molar-refractivity contribution is 7.99. The van der Waals surface area contributed by atoms with Gasteiger partial charge in [-0.15, -0.1) is 0 Å². The molecule has 0 spiro atoms. The van der Waals surface area contributed by atoms with Gasteiger partial charge in [0.15, 0.2) is 0 Å². The standard InChI is InChI=1S/C17H24N2O3S/c1-13(23-3)17(21)19-9-7-18(8-10-19)16(20)12-14-5-4-6-15(11-14)22-2/h4-6,11,13H,7-10,12H2,1-3H3/t13-/m1/s1. The van der Waals surface area contributed by atoms with Gasteiger partial charge in [0.25, 0.3) is 0 Å². The molecule has 1 fully saturated rings. The van der Waals surface area contributed by atoms with E-state index in [4.69, 9.17) is 4.74 Å². The van der Waals surface area contributed by atoms with Gasteiger partial charge in [-0.2, -0.15) is 11.8 Å². The molecule has 0 radical (unpaired) electrons.